The van der Waals surface area contributed by atoms with E-state index in [4.69, 9.17) is 14.2 Å². The fourth-order valence-electron chi connectivity index (χ4n) is 4.61. The molecule has 0 fully saturated rings. The summed E-state index contributed by atoms with van der Waals surface area (Å²) in [6.07, 6.45) is 1.77. The number of ether oxygens (including phenoxy) is 3. The monoisotopic (exact) mass is 585 g/mol. The molecule has 2 heterocycles. The molecule has 214 valence electrons. The number of hydrogen-bond acceptors (Lipinski definition) is 9. The molecule has 5 rings (SSSR count). The van der Waals surface area contributed by atoms with Crippen molar-refractivity contribution in [2.75, 3.05) is 13.7 Å². The second-order valence-electron chi connectivity index (χ2n) is 9.36. The van der Waals surface area contributed by atoms with Crippen molar-refractivity contribution in [3.8, 4) is 11.5 Å². The highest BCUT2D eigenvalue weighted by atomic mass is 32.1. The first kappa shape index (κ1) is 28.5. The van der Waals surface area contributed by atoms with Gasteiger partial charge in [0, 0.05) is 12.1 Å². The van der Waals surface area contributed by atoms with E-state index in [1.54, 1.807) is 63.4 Å². The number of nitro benzene ring substituents is 1. The van der Waals surface area contributed by atoms with Crippen molar-refractivity contribution < 1.29 is 23.9 Å². The largest absolute Gasteiger partial charge is 0.497 e. The summed E-state index contributed by atoms with van der Waals surface area (Å²) in [6.45, 7) is 3.92. The highest BCUT2D eigenvalue weighted by molar-refractivity contribution is 7.07. The average molecular weight is 586 g/mol. The number of hydrogen-bond donors (Lipinski definition) is 0. The first-order chi connectivity index (χ1) is 20.3. The number of carbonyl (C=O) groups excluding carboxylic acids is 1. The predicted octanol–water partition coefficient (Wildman–Crippen LogP) is 4.29. The number of nitrogens with zero attached hydrogens (tertiary/aromatic N) is 3. The maximum absolute atomic E-state index is 13.8. The summed E-state index contributed by atoms with van der Waals surface area (Å²) in [5, 5.41) is 10.8. The Morgan fingerprint density at radius 3 is 2.50 bits per heavy atom. The minimum atomic E-state index is -0.729. The summed E-state index contributed by atoms with van der Waals surface area (Å²) in [6, 6.07) is 19.9. The minimum Gasteiger partial charge on any atom is -0.497 e. The Labute approximate surface area is 244 Å². The Balaban J connectivity index is 1.46. The molecule has 0 saturated heterocycles. The van der Waals surface area contributed by atoms with Crippen LogP contribution >= 0.6 is 11.3 Å². The lowest BCUT2D eigenvalue weighted by Crippen LogP contribution is -2.39. The number of rotatable bonds is 9. The SMILES string of the molecule is CCOC(=O)C1=C(C)N=c2s/c(=C\c3ccc(OCc4ccc([N+](=O)[O-])cc4)cc3)c(=O)n2C1c1cccc(OC)c1. The topological polar surface area (TPSA) is 122 Å². The second-order valence-corrected chi connectivity index (χ2v) is 10.4. The second kappa shape index (κ2) is 12.2. The first-order valence-corrected chi connectivity index (χ1v) is 13.9. The number of thiazole rings is 1. The quantitative estimate of drug-likeness (QED) is 0.163. The van der Waals surface area contributed by atoms with Crippen LogP contribution in [0.5, 0.6) is 11.5 Å². The van der Waals surface area contributed by atoms with Crippen molar-refractivity contribution in [3.63, 3.8) is 0 Å². The number of nitro groups is 1. The molecule has 3 aromatic carbocycles. The molecule has 0 amide bonds. The van der Waals surface area contributed by atoms with Crippen LogP contribution in [0.4, 0.5) is 5.69 Å². The summed E-state index contributed by atoms with van der Waals surface area (Å²) in [4.78, 5) is 42.3. The molecule has 4 aromatic rings. The van der Waals surface area contributed by atoms with Crippen molar-refractivity contribution in [1.29, 1.82) is 0 Å². The number of carbonyl (C=O) groups is 1. The van der Waals surface area contributed by atoms with Crippen LogP contribution in [-0.2, 0) is 16.1 Å². The molecule has 0 spiro atoms. The number of benzene rings is 3. The summed E-state index contributed by atoms with van der Waals surface area (Å²) in [7, 11) is 1.56. The molecule has 0 N–H and O–H groups in total. The lowest BCUT2D eigenvalue weighted by molar-refractivity contribution is -0.384. The molecule has 42 heavy (non-hydrogen) atoms. The van der Waals surface area contributed by atoms with Gasteiger partial charge in [0.2, 0.25) is 0 Å². The summed E-state index contributed by atoms with van der Waals surface area (Å²) in [5.41, 5.74) is 2.82. The first-order valence-electron chi connectivity index (χ1n) is 13.1. The molecule has 0 aliphatic carbocycles. The van der Waals surface area contributed by atoms with Crippen molar-refractivity contribution in [2.24, 2.45) is 4.99 Å². The minimum absolute atomic E-state index is 0.0236. The molecule has 11 heteroatoms. The van der Waals surface area contributed by atoms with Gasteiger partial charge in [-0.3, -0.25) is 19.5 Å². The predicted molar refractivity (Wildman–Crippen MR) is 157 cm³/mol. The third-order valence-corrected chi connectivity index (χ3v) is 7.64. The molecule has 0 bridgehead atoms. The van der Waals surface area contributed by atoms with Crippen LogP contribution in [0.15, 0.2) is 93.9 Å². The number of aromatic nitrogens is 1. The third-order valence-electron chi connectivity index (χ3n) is 6.66. The zero-order valence-electron chi connectivity index (χ0n) is 23.1. The van der Waals surface area contributed by atoms with Crippen LogP contribution in [0.25, 0.3) is 6.08 Å². The van der Waals surface area contributed by atoms with Crippen LogP contribution in [0.1, 0.15) is 36.6 Å². The molecule has 0 saturated carbocycles. The average Bonchev–Trinajstić information content (AvgIpc) is 3.30. The zero-order chi connectivity index (χ0) is 29.8. The maximum atomic E-state index is 13.8. The zero-order valence-corrected chi connectivity index (χ0v) is 23.9. The summed E-state index contributed by atoms with van der Waals surface area (Å²) >= 11 is 1.24. The summed E-state index contributed by atoms with van der Waals surface area (Å²) in [5.74, 6) is 0.688. The Kier molecular flexibility index (Phi) is 8.30. The molecule has 1 aliphatic heterocycles. The van der Waals surface area contributed by atoms with E-state index in [2.05, 4.69) is 4.99 Å². The van der Waals surface area contributed by atoms with Crippen LogP contribution in [0.2, 0.25) is 0 Å². The Hall–Kier alpha value is -5.03. The third kappa shape index (κ3) is 5.86. The van der Waals surface area contributed by atoms with Crippen molar-refractivity contribution in [3.05, 3.63) is 131 Å². The van der Waals surface area contributed by atoms with Crippen molar-refractivity contribution in [1.82, 2.24) is 4.57 Å². The van der Waals surface area contributed by atoms with Gasteiger partial charge in [-0.25, -0.2) is 9.79 Å². The fraction of sp³-hybridized carbons (Fsp3) is 0.194. The standard InChI is InChI=1S/C31H27N3O7S/c1-4-40-30(36)27-19(2)32-31-33(28(27)22-6-5-7-25(17-22)39-3)29(35)26(42-31)16-20-10-14-24(15-11-20)41-18-21-8-12-23(13-9-21)34(37)38/h5-17,28H,4,18H2,1-3H3/b26-16-. The van der Waals surface area contributed by atoms with E-state index < -0.39 is 16.9 Å². The van der Waals surface area contributed by atoms with E-state index in [1.165, 1.54) is 28.0 Å². The van der Waals surface area contributed by atoms with Gasteiger partial charge in [-0.2, -0.15) is 0 Å². The molecule has 1 atom stereocenters. The number of esters is 1. The smallest absolute Gasteiger partial charge is 0.338 e. The van der Waals surface area contributed by atoms with Gasteiger partial charge in [0.1, 0.15) is 18.1 Å². The summed E-state index contributed by atoms with van der Waals surface area (Å²) < 4.78 is 18.6. The lowest BCUT2D eigenvalue weighted by atomic mass is 9.95. The van der Waals surface area contributed by atoms with Crippen LogP contribution in [0, 0.1) is 10.1 Å². The number of fused-ring (bicyclic) bond motifs is 1. The van der Waals surface area contributed by atoms with Crippen LogP contribution in [-0.4, -0.2) is 29.2 Å². The molecular weight excluding hydrogens is 558 g/mol. The van der Waals surface area contributed by atoms with E-state index >= 15 is 0 Å². The molecular formula is C31H27N3O7S. The number of allylic oxidation sites excluding steroid dienone is 1. The van der Waals surface area contributed by atoms with Gasteiger partial charge in [0.25, 0.3) is 11.2 Å². The molecule has 1 aromatic heterocycles. The van der Waals surface area contributed by atoms with E-state index in [1.807, 2.05) is 24.3 Å². The van der Waals surface area contributed by atoms with Crippen molar-refractivity contribution in [2.45, 2.75) is 26.5 Å². The fourth-order valence-corrected chi connectivity index (χ4v) is 5.66. The van der Waals surface area contributed by atoms with Crippen molar-refractivity contribution >= 4 is 29.1 Å². The van der Waals surface area contributed by atoms with Gasteiger partial charge < -0.3 is 14.2 Å². The van der Waals surface area contributed by atoms with E-state index in [0.717, 1.165) is 11.1 Å². The maximum Gasteiger partial charge on any atom is 0.338 e. The molecule has 1 aliphatic rings. The molecule has 0 radical (unpaired) electrons. The van der Waals surface area contributed by atoms with E-state index in [-0.39, 0.29) is 24.5 Å². The van der Waals surface area contributed by atoms with Gasteiger partial charge in [0.05, 0.1) is 40.5 Å². The Bertz CT molecular complexity index is 1860. The highest BCUT2D eigenvalue weighted by Gasteiger charge is 2.33. The Morgan fingerprint density at radius 2 is 1.83 bits per heavy atom. The number of methoxy groups -OCH3 is 1. The number of non-ortho nitro benzene ring substituents is 1. The van der Waals surface area contributed by atoms with Gasteiger partial charge >= 0.3 is 5.97 Å². The van der Waals surface area contributed by atoms with Gasteiger partial charge in [-0.05, 0) is 73.0 Å². The molecule has 1 unspecified atom stereocenters. The highest BCUT2D eigenvalue weighted by Crippen LogP contribution is 2.32. The van der Waals surface area contributed by atoms with Gasteiger partial charge in [-0.1, -0.05) is 35.6 Å². The van der Waals surface area contributed by atoms with E-state index in [0.29, 0.717) is 37.7 Å². The molecule has 10 nitrogen and oxygen atoms in total. The van der Waals surface area contributed by atoms with Gasteiger partial charge in [0.15, 0.2) is 4.80 Å². The van der Waals surface area contributed by atoms with Crippen LogP contribution < -0.4 is 24.4 Å². The van der Waals surface area contributed by atoms with Crippen LogP contribution in [0.3, 0.4) is 0 Å². The van der Waals surface area contributed by atoms with Gasteiger partial charge in [-0.15, -0.1) is 0 Å². The Morgan fingerprint density at radius 1 is 1.10 bits per heavy atom. The lowest BCUT2D eigenvalue weighted by Gasteiger charge is -2.25. The normalized spacial score (nSPS) is 14.6. The van der Waals surface area contributed by atoms with E-state index in [9.17, 15) is 19.7 Å².